The van der Waals surface area contributed by atoms with Crippen LogP contribution in [0.5, 0.6) is 5.75 Å². The second-order valence-corrected chi connectivity index (χ2v) is 4.23. The molecule has 0 aromatic heterocycles. The van der Waals surface area contributed by atoms with Crippen molar-refractivity contribution in [2.75, 3.05) is 0 Å². The molecule has 0 saturated carbocycles. The number of halogens is 1. The van der Waals surface area contributed by atoms with Crippen LogP contribution in [0.1, 0.15) is 24.2 Å². The van der Waals surface area contributed by atoms with E-state index in [1.54, 1.807) is 0 Å². The normalized spacial score (nSPS) is 12.3. The van der Waals surface area contributed by atoms with Gasteiger partial charge < -0.3 is 21.4 Å². The number of carbonyl (C=O) groups excluding carboxylic acids is 1. The van der Waals surface area contributed by atoms with Crippen molar-refractivity contribution in [2.45, 2.75) is 19.4 Å². The third-order valence-corrected chi connectivity index (χ3v) is 2.38. The van der Waals surface area contributed by atoms with Gasteiger partial charge in [0.25, 0.3) is 5.91 Å². The molecule has 0 unspecified atom stereocenters. The zero-order valence-electron chi connectivity index (χ0n) is 9.94. The first-order valence-electron chi connectivity index (χ1n) is 5.07. The van der Waals surface area contributed by atoms with Gasteiger partial charge in [0, 0.05) is 6.07 Å². The van der Waals surface area contributed by atoms with Crippen LogP contribution in [0.3, 0.4) is 0 Å². The van der Waals surface area contributed by atoms with Gasteiger partial charge in [0.05, 0.1) is 11.1 Å². The molecule has 1 rings (SSSR count). The number of nitrogens with one attached hydrogen (secondary N) is 1. The molecule has 7 heteroatoms. The molecule has 98 valence electrons. The predicted molar refractivity (Wildman–Crippen MR) is 63.0 cm³/mol. The van der Waals surface area contributed by atoms with Gasteiger partial charge in [-0.2, -0.15) is 0 Å². The van der Waals surface area contributed by atoms with Gasteiger partial charge in [-0.1, -0.05) is 5.16 Å². The van der Waals surface area contributed by atoms with Gasteiger partial charge in [-0.15, -0.1) is 0 Å². The van der Waals surface area contributed by atoms with Crippen molar-refractivity contribution in [1.29, 1.82) is 0 Å². The molecule has 5 N–H and O–H groups in total. The number of amides is 1. The minimum atomic E-state index is -1.10. The Bertz CT molecular complexity index is 500. The van der Waals surface area contributed by atoms with Gasteiger partial charge in [-0.25, -0.2) is 4.39 Å². The highest BCUT2D eigenvalue weighted by Gasteiger charge is 2.27. The molecule has 1 aromatic carbocycles. The Morgan fingerprint density at radius 1 is 1.50 bits per heavy atom. The zero-order chi connectivity index (χ0) is 13.9. The number of benzene rings is 1. The number of rotatable bonds is 3. The fourth-order valence-electron chi connectivity index (χ4n) is 1.24. The van der Waals surface area contributed by atoms with Crippen LogP contribution in [0.4, 0.5) is 4.39 Å². The maximum atomic E-state index is 12.8. The fraction of sp³-hybridized carbons (Fsp3) is 0.273. The lowest BCUT2D eigenvalue weighted by Crippen LogP contribution is -2.53. The van der Waals surface area contributed by atoms with Gasteiger partial charge in [0.1, 0.15) is 11.6 Å². The number of hydrogen-bond donors (Lipinski definition) is 4. The quantitative estimate of drug-likeness (QED) is 0.277. The molecule has 0 saturated heterocycles. The minimum absolute atomic E-state index is 0.102. The van der Waals surface area contributed by atoms with Crippen molar-refractivity contribution in [3.05, 3.63) is 29.6 Å². The molecular formula is C11H14FN3O3. The van der Waals surface area contributed by atoms with Gasteiger partial charge >= 0.3 is 0 Å². The third-order valence-electron chi connectivity index (χ3n) is 2.38. The average molecular weight is 255 g/mol. The maximum Gasteiger partial charge on any atom is 0.255 e. The SMILES string of the molecule is CC(C)(NC(=O)c1ccc(F)cc1O)/C(N)=N/O. The Morgan fingerprint density at radius 3 is 2.61 bits per heavy atom. The summed E-state index contributed by atoms with van der Waals surface area (Å²) in [7, 11) is 0. The van der Waals surface area contributed by atoms with Crippen molar-refractivity contribution in [1.82, 2.24) is 5.32 Å². The number of phenols is 1. The smallest absolute Gasteiger partial charge is 0.255 e. The Morgan fingerprint density at radius 2 is 2.11 bits per heavy atom. The molecule has 0 spiro atoms. The van der Waals surface area contributed by atoms with Crippen LogP contribution in [0.2, 0.25) is 0 Å². The van der Waals surface area contributed by atoms with E-state index in [4.69, 9.17) is 10.9 Å². The standard InChI is InChI=1S/C11H14FN3O3/c1-11(2,10(13)15-18)14-9(17)7-4-3-6(12)5-8(7)16/h3-5,16,18H,1-2H3,(H2,13,15)(H,14,17). The van der Waals surface area contributed by atoms with Crippen molar-refractivity contribution < 1.29 is 19.5 Å². The number of aromatic hydroxyl groups is 1. The van der Waals surface area contributed by atoms with Gasteiger partial charge in [0.2, 0.25) is 0 Å². The lowest BCUT2D eigenvalue weighted by atomic mass is 10.0. The lowest BCUT2D eigenvalue weighted by molar-refractivity contribution is 0.0928. The molecule has 0 aliphatic heterocycles. The van der Waals surface area contributed by atoms with Crippen LogP contribution in [0, 0.1) is 5.82 Å². The van der Waals surface area contributed by atoms with Crippen molar-refractivity contribution in [3.8, 4) is 5.75 Å². The largest absolute Gasteiger partial charge is 0.507 e. The number of carbonyl (C=O) groups is 1. The van der Waals surface area contributed by atoms with Gasteiger partial charge in [-0.05, 0) is 26.0 Å². The highest BCUT2D eigenvalue weighted by Crippen LogP contribution is 2.18. The van der Waals surface area contributed by atoms with Crippen molar-refractivity contribution in [3.63, 3.8) is 0 Å². The highest BCUT2D eigenvalue weighted by atomic mass is 19.1. The fourth-order valence-corrected chi connectivity index (χ4v) is 1.24. The Labute approximate surface area is 103 Å². The molecule has 6 nitrogen and oxygen atoms in total. The molecule has 0 heterocycles. The number of oxime groups is 1. The predicted octanol–water partition coefficient (Wildman–Crippen LogP) is 0.786. The first-order chi connectivity index (χ1) is 8.27. The van der Waals surface area contributed by atoms with E-state index < -0.39 is 23.0 Å². The van der Waals surface area contributed by atoms with Crippen LogP contribution in [-0.2, 0) is 0 Å². The Balaban J connectivity index is 2.96. The number of nitrogens with zero attached hydrogens (tertiary/aromatic N) is 1. The molecule has 0 radical (unpaired) electrons. The van der Waals surface area contributed by atoms with Crippen LogP contribution in [0.15, 0.2) is 23.4 Å². The third kappa shape index (κ3) is 2.88. The summed E-state index contributed by atoms with van der Waals surface area (Å²) in [6.07, 6.45) is 0. The van der Waals surface area contributed by atoms with Gasteiger partial charge in [0.15, 0.2) is 5.84 Å². The molecular weight excluding hydrogens is 241 g/mol. The van der Waals surface area contributed by atoms with E-state index in [1.807, 2.05) is 0 Å². The van der Waals surface area contributed by atoms with Crippen LogP contribution < -0.4 is 11.1 Å². The number of hydrogen-bond acceptors (Lipinski definition) is 4. The molecule has 1 aromatic rings. The van der Waals surface area contributed by atoms with E-state index in [1.165, 1.54) is 13.8 Å². The maximum absolute atomic E-state index is 12.8. The summed E-state index contributed by atoms with van der Waals surface area (Å²) in [6.45, 7) is 3.03. The van der Waals surface area contributed by atoms with E-state index in [-0.39, 0.29) is 11.4 Å². The van der Waals surface area contributed by atoms with E-state index in [2.05, 4.69) is 10.5 Å². The second-order valence-electron chi connectivity index (χ2n) is 4.23. The summed E-state index contributed by atoms with van der Waals surface area (Å²) in [4.78, 5) is 11.8. The first-order valence-corrected chi connectivity index (χ1v) is 5.07. The average Bonchev–Trinajstić information content (AvgIpc) is 2.26. The summed E-state index contributed by atoms with van der Waals surface area (Å²) in [6, 6.07) is 3.01. The van der Waals surface area contributed by atoms with E-state index >= 15 is 0 Å². The monoisotopic (exact) mass is 255 g/mol. The topological polar surface area (TPSA) is 108 Å². The van der Waals surface area contributed by atoms with Crippen LogP contribution in [-0.4, -0.2) is 27.6 Å². The van der Waals surface area contributed by atoms with E-state index in [9.17, 15) is 14.3 Å². The molecule has 0 aliphatic rings. The summed E-state index contributed by atoms with van der Waals surface area (Å²) >= 11 is 0. The first kappa shape index (κ1) is 13.8. The molecule has 1 amide bonds. The molecule has 0 fully saturated rings. The number of amidine groups is 1. The Kier molecular flexibility index (Phi) is 3.75. The minimum Gasteiger partial charge on any atom is -0.507 e. The van der Waals surface area contributed by atoms with E-state index in [0.29, 0.717) is 0 Å². The van der Waals surface area contributed by atoms with Gasteiger partial charge in [-0.3, -0.25) is 4.79 Å². The Hall–Kier alpha value is -2.31. The highest BCUT2D eigenvalue weighted by molar-refractivity contribution is 6.01. The van der Waals surface area contributed by atoms with Crippen LogP contribution in [0.25, 0.3) is 0 Å². The molecule has 0 aliphatic carbocycles. The number of nitrogens with two attached hydrogens (primary N) is 1. The van der Waals surface area contributed by atoms with Crippen molar-refractivity contribution in [2.24, 2.45) is 10.9 Å². The summed E-state index contributed by atoms with van der Waals surface area (Å²) < 4.78 is 12.8. The summed E-state index contributed by atoms with van der Waals surface area (Å²) in [5.74, 6) is -2.00. The summed E-state index contributed by atoms with van der Waals surface area (Å²) in [5, 5.41) is 23.2. The molecule has 18 heavy (non-hydrogen) atoms. The lowest BCUT2D eigenvalue weighted by Gasteiger charge is -2.24. The zero-order valence-corrected chi connectivity index (χ0v) is 9.94. The van der Waals surface area contributed by atoms with Crippen LogP contribution >= 0.6 is 0 Å². The summed E-state index contributed by atoms with van der Waals surface area (Å²) in [5.41, 5.74) is 4.20. The number of phenolic OH excluding ortho intramolecular Hbond substituents is 1. The second kappa shape index (κ2) is 4.91. The molecule has 0 atom stereocenters. The van der Waals surface area contributed by atoms with E-state index in [0.717, 1.165) is 18.2 Å². The molecule has 0 bridgehead atoms. The van der Waals surface area contributed by atoms with Crippen molar-refractivity contribution >= 4 is 11.7 Å².